The van der Waals surface area contributed by atoms with Gasteiger partial charge in [-0.1, -0.05) is 18.2 Å². The Morgan fingerprint density at radius 2 is 1.50 bits per heavy atom. The first-order chi connectivity index (χ1) is 7.92. The van der Waals surface area contributed by atoms with Gasteiger partial charge in [-0.05, 0) is 30.9 Å². The predicted octanol–water partition coefficient (Wildman–Crippen LogP) is 3.06. The molecular weight excluding hydrogens is 267 g/mol. The molecule has 0 atom stereocenters. The van der Waals surface area contributed by atoms with Crippen molar-refractivity contribution in [2.75, 3.05) is 37.6 Å². The summed E-state index contributed by atoms with van der Waals surface area (Å²) in [7, 11) is 0. The maximum Gasteiger partial charge on any atom is 0.0367 e. The molecule has 0 N–H and O–H groups in total. The fourth-order valence-corrected chi connectivity index (χ4v) is 2.49. The monoisotopic (exact) mass is 288 g/mol. The average Bonchev–Trinajstić information content (AvgIpc) is 3.15. The molecule has 2 fully saturated rings. The van der Waals surface area contributed by atoms with Crippen LogP contribution in [-0.2, 0) is 0 Å². The molecule has 1 aliphatic carbocycles. The molecule has 0 bridgehead atoms. The highest BCUT2D eigenvalue weighted by Gasteiger charge is 2.26. The topological polar surface area (TPSA) is 6.48 Å². The number of piperazine rings is 1. The number of nitrogens with zero attached hydrogens (tertiary/aromatic N) is 2. The van der Waals surface area contributed by atoms with E-state index in [1.807, 2.05) is 0 Å². The van der Waals surface area contributed by atoms with Gasteiger partial charge in [0.1, 0.15) is 0 Å². The minimum Gasteiger partial charge on any atom is -0.369 e. The van der Waals surface area contributed by atoms with Crippen LogP contribution in [0.3, 0.4) is 0 Å². The van der Waals surface area contributed by atoms with Crippen molar-refractivity contribution in [3.05, 3.63) is 30.3 Å². The first-order valence-electron chi connectivity index (χ1n) is 6.44. The lowest BCUT2D eigenvalue weighted by Crippen LogP contribution is -2.47. The molecule has 1 saturated heterocycles. The van der Waals surface area contributed by atoms with E-state index in [-0.39, 0.29) is 24.8 Å². The second kappa shape index (κ2) is 7.22. The van der Waals surface area contributed by atoms with E-state index < -0.39 is 0 Å². The van der Waals surface area contributed by atoms with Crippen LogP contribution in [0.5, 0.6) is 0 Å². The Balaban J connectivity index is 0.000000810. The molecule has 0 amide bonds. The number of halogens is 2. The maximum absolute atomic E-state index is 2.64. The van der Waals surface area contributed by atoms with Crippen LogP contribution in [0.25, 0.3) is 0 Å². The van der Waals surface area contributed by atoms with E-state index in [4.69, 9.17) is 0 Å². The van der Waals surface area contributed by atoms with Crippen LogP contribution in [-0.4, -0.2) is 37.6 Å². The molecular formula is C14H22Cl2N2. The van der Waals surface area contributed by atoms with Crippen molar-refractivity contribution in [3.8, 4) is 0 Å². The summed E-state index contributed by atoms with van der Waals surface area (Å²) in [6.07, 6.45) is 2.94. The summed E-state index contributed by atoms with van der Waals surface area (Å²) in [5.41, 5.74) is 1.38. The predicted molar refractivity (Wildman–Crippen MR) is 82.3 cm³/mol. The summed E-state index contributed by atoms with van der Waals surface area (Å²) in [4.78, 5) is 5.14. The minimum absolute atomic E-state index is 0. The van der Waals surface area contributed by atoms with Gasteiger partial charge in [0.15, 0.2) is 0 Å². The van der Waals surface area contributed by atoms with Crippen molar-refractivity contribution in [3.63, 3.8) is 0 Å². The van der Waals surface area contributed by atoms with E-state index >= 15 is 0 Å². The van der Waals surface area contributed by atoms with E-state index in [2.05, 4.69) is 40.1 Å². The van der Waals surface area contributed by atoms with Crippen LogP contribution in [0.15, 0.2) is 30.3 Å². The smallest absolute Gasteiger partial charge is 0.0367 e. The second-order valence-electron chi connectivity index (χ2n) is 5.07. The summed E-state index contributed by atoms with van der Waals surface area (Å²) >= 11 is 0. The lowest BCUT2D eigenvalue weighted by Gasteiger charge is -2.36. The van der Waals surface area contributed by atoms with Crippen LogP contribution in [0.2, 0.25) is 0 Å². The van der Waals surface area contributed by atoms with Gasteiger partial charge in [0, 0.05) is 38.4 Å². The fourth-order valence-electron chi connectivity index (χ4n) is 2.49. The standard InChI is InChI=1S/C14H20N2.2ClH/c1-2-4-14(5-3-1)16-10-8-15(9-11-16)12-13-6-7-13;;/h1-5,13H,6-12H2;2*1H. The van der Waals surface area contributed by atoms with Gasteiger partial charge < -0.3 is 4.90 Å². The number of rotatable bonds is 3. The molecule has 0 aromatic heterocycles. The summed E-state index contributed by atoms with van der Waals surface area (Å²) in [5, 5.41) is 0. The molecule has 1 saturated carbocycles. The van der Waals surface area contributed by atoms with Gasteiger partial charge in [-0.2, -0.15) is 0 Å². The van der Waals surface area contributed by atoms with Crippen molar-refractivity contribution in [2.45, 2.75) is 12.8 Å². The summed E-state index contributed by atoms with van der Waals surface area (Å²) in [5.74, 6) is 1.03. The van der Waals surface area contributed by atoms with E-state index in [1.165, 1.54) is 51.3 Å². The van der Waals surface area contributed by atoms with E-state index in [9.17, 15) is 0 Å². The first kappa shape index (κ1) is 15.6. The molecule has 1 aromatic rings. The SMILES string of the molecule is Cl.Cl.c1ccc(N2CCN(CC3CC3)CC2)cc1. The van der Waals surface area contributed by atoms with Gasteiger partial charge >= 0.3 is 0 Å². The Hall–Kier alpha value is -0.440. The van der Waals surface area contributed by atoms with Gasteiger partial charge in [0.25, 0.3) is 0 Å². The third-order valence-corrected chi connectivity index (χ3v) is 3.71. The zero-order valence-electron chi connectivity index (χ0n) is 10.6. The molecule has 18 heavy (non-hydrogen) atoms. The van der Waals surface area contributed by atoms with Crippen LogP contribution in [0, 0.1) is 5.92 Å². The lowest BCUT2D eigenvalue weighted by molar-refractivity contribution is 0.248. The third-order valence-electron chi connectivity index (χ3n) is 3.71. The van der Waals surface area contributed by atoms with Gasteiger partial charge in [-0.15, -0.1) is 24.8 Å². The first-order valence-corrected chi connectivity index (χ1v) is 6.44. The summed E-state index contributed by atoms with van der Waals surface area (Å²) < 4.78 is 0. The average molecular weight is 289 g/mol. The summed E-state index contributed by atoms with van der Waals surface area (Å²) in [6, 6.07) is 10.8. The fraction of sp³-hybridized carbons (Fsp3) is 0.571. The van der Waals surface area contributed by atoms with Crippen LogP contribution in [0.4, 0.5) is 5.69 Å². The third kappa shape index (κ3) is 4.04. The Labute approximate surface area is 122 Å². The molecule has 1 aliphatic heterocycles. The molecule has 2 nitrogen and oxygen atoms in total. The van der Waals surface area contributed by atoms with Crippen LogP contribution < -0.4 is 4.90 Å². The second-order valence-corrected chi connectivity index (χ2v) is 5.07. The Morgan fingerprint density at radius 1 is 0.889 bits per heavy atom. The van der Waals surface area contributed by atoms with Crippen molar-refractivity contribution < 1.29 is 0 Å². The molecule has 4 heteroatoms. The largest absolute Gasteiger partial charge is 0.369 e. The van der Waals surface area contributed by atoms with Gasteiger partial charge in [-0.3, -0.25) is 4.90 Å². The number of hydrogen-bond acceptors (Lipinski definition) is 2. The zero-order chi connectivity index (χ0) is 10.8. The highest BCUT2D eigenvalue weighted by atomic mass is 35.5. The highest BCUT2D eigenvalue weighted by Crippen LogP contribution is 2.30. The van der Waals surface area contributed by atoms with Gasteiger partial charge in [0.2, 0.25) is 0 Å². The minimum atomic E-state index is 0. The molecule has 0 spiro atoms. The van der Waals surface area contributed by atoms with E-state index in [0.29, 0.717) is 0 Å². The van der Waals surface area contributed by atoms with Gasteiger partial charge in [0.05, 0.1) is 0 Å². The zero-order valence-corrected chi connectivity index (χ0v) is 12.3. The quantitative estimate of drug-likeness (QED) is 0.844. The molecule has 0 unspecified atom stereocenters. The van der Waals surface area contributed by atoms with Crippen molar-refractivity contribution in [2.24, 2.45) is 5.92 Å². The van der Waals surface area contributed by atoms with Crippen LogP contribution >= 0.6 is 24.8 Å². The normalized spacial score (nSPS) is 19.9. The Morgan fingerprint density at radius 3 is 2.06 bits per heavy atom. The number of hydrogen-bond donors (Lipinski definition) is 0. The van der Waals surface area contributed by atoms with E-state index in [0.717, 1.165) is 5.92 Å². The van der Waals surface area contributed by atoms with Gasteiger partial charge in [-0.25, -0.2) is 0 Å². The Kier molecular flexibility index (Phi) is 6.27. The van der Waals surface area contributed by atoms with Crippen molar-refractivity contribution in [1.82, 2.24) is 4.90 Å². The molecule has 2 aliphatic rings. The van der Waals surface area contributed by atoms with E-state index in [1.54, 1.807) is 0 Å². The molecule has 0 radical (unpaired) electrons. The maximum atomic E-state index is 2.64. The number of benzene rings is 1. The number of para-hydroxylation sites is 1. The Bertz CT molecular complexity index is 333. The summed E-state index contributed by atoms with van der Waals surface area (Å²) in [6.45, 7) is 6.22. The number of anilines is 1. The van der Waals surface area contributed by atoms with Crippen LogP contribution in [0.1, 0.15) is 12.8 Å². The molecule has 3 rings (SSSR count). The highest BCUT2D eigenvalue weighted by molar-refractivity contribution is 5.85. The molecule has 1 heterocycles. The molecule has 1 aromatic carbocycles. The lowest BCUT2D eigenvalue weighted by atomic mass is 10.2. The van der Waals surface area contributed by atoms with Crippen molar-refractivity contribution in [1.29, 1.82) is 0 Å². The van der Waals surface area contributed by atoms with Crippen molar-refractivity contribution >= 4 is 30.5 Å². The molecule has 102 valence electrons.